The summed E-state index contributed by atoms with van der Waals surface area (Å²) in [7, 11) is 0. The average molecular weight is 255 g/mol. The third-order valence-corrected chi connectivity index (χ3v) is 3.74. The minimum Gasteiger partial charge on any atom is -0.388 e. The number of aryl methyl sites for hydroxylation is 1. The first-order chi connectivity index (χ1) is 8.16. The van der Waals surface area contributed by atoms with Crippen LogP contribution in [-0.4, -0.2) is 18.3 Å². The summed E-state index contributed by atoms with van der Waals surface area (Å²) < 4.78 is 5.32. The molecule has 0 bridgehead atoms. The van der Waals surface area contributed by atoms with E-state index in [0.29, 0.717) is 10.9 Å². The van der Waals surface area contributed by atoms with Crippen molar-refractivity contribution in [3.63, 3.8) is 0 Å². The molecule has 1 aromatic carbocycles. The van der Waals surface area contributed by atoms with Gasteiger partial charge in [0, 0.05) is 18.2 Å². The van der Waals surface area contributed by atoms with Crippen molar-refractivity contribution in [2.45, 2.75) is 32.3 Å². The van der Waals surface area contributed by atoms with Gasteiger partial charge in [-0.25, -0.2) is 0 Å². The lowest BCUT2D eigenvalue weighted by atomic mass is 9.91. The zero-order chi connectivity index (χ0) is 12.3. The fourth-order valence-corrected chi connectivity index (χ4v) is 2.69. The molecule has 1 aliphatic rings. The molecule has 2 nitrogen and oxygen atoms in total. The van der Waals surface area contributed by atoms with Crippen LogP contribution in [0.3, 0.4) is 0 Å². The predicted molar refractivity (Wildman–Crippen MR) is 69.3 cm³/mol. The number of halogens is 1. The van der Waals surface area contributed by atoms with Gasteiger partial charge in [0.1, 0.15) is 0 Å². The van der Waals surface area contributed by atoms with E-state index >= 15 is 0 Å². The Balaban J connectivity index is 2.00. The van der Waals surface area contributed by atoms with E-state index in [2.05, 4.69) is 0 Å². The van der Waals surface area contributed by atoms with E-state index in [-0.39, 0.29) is 0 Å². The second-order valence-electron chi connectivity index (χ2n) is 4.83. The van der Waals surface area contributed by atoms with Crippen LogP contribution in [-0.2, 0) is 4.74 Å². The molecule has 0 aliphatic carbocycles. The monoisotopic (exact) mass is 254 g/mol. The maximum Gasteiger partial charge on any atom is 0.0807 e. The van der Waals surface area contributed by atoms with Crippen molar-refractivity contribution in [3.8, 4) is 0 Å². The van der Waals surface area contributed by atoms with Crippen LogP contribution in [0.15, 0.2) is 18.2 Å². The molecule has 1 unspecified atom stereocenters. The van der Waals surface area contributed by atoms with E-state index in [1.54, 1.807) is 0 Å². The van der Waals surface area contributed by atoms with Crippen LogP contribution in [0.25, 0.3) is 0 Å². The quantitative estimate of drug-likeness (QED) is 0.895. The van der Waals surface area contributed by atoms with Gasteiger partial charge in [0.25, 0.3) is 0 Å². The molecule has 1 atom stereocenters. The fourth-order valence-electron chi connectivity index (χ4n) is 2.33. The normalized spacial score (nSPS) is 19.2. The van der Waals surface area contributed by atoms with Crippen molar-refractivity contribution in [1.29, 1.82) is 0 Å². The Bertz CT molecular complexity index is 372. The second-order valence-corrected chi connectivity index (χ2v) is 5.24. The van der Waals surface area contributed by atoms with Crippen LogP contribution in [0.5, 0.6) is 0 Å². The van der Waals surface area contributed by atoms with Gasteiger partial charge < -0.3 is 9.84 Å². The molecule has 1 aromatic rings. The summed E-state index contributed by atoms with van der Waals surface area (Å²) in [6.07, 6.45) is 2.42. The standard InChI is InChI=1S/C14H19ClO2/c1-10-2-3-12(13(15)8-10)14(16)9-11-4-6-17-7-5-11/h2-3,8,11,14,16H,4-7,9H2,1H3. The molecule has 1 saturated heterocycles. The largest absolute Gasteiger partial charge is 0.388 e. The van der Waals surface area contributed by atoms with E-state index in [9.17, 15) is 5.11 Å². The highest BCUT2D eigenvalue weighted by Gasteiger charge is 2.20. The number of hydrogen-bond acceptors (Lipinski definition) is 2. The van der Waals surface area contributed by atoms with Gasteiger partial charge in [0.15, 0.2) is 0 Å². The molecule has 0 aromatic heterocycles. The molecule has 1 N–H and O–H groups in total. The molecule has 0 radical (unpaired) electrons. The fraction of sp³-hybridized carbons (Fsp3) is 0.571. The van der Waals surface area contributed by atoms with Crippen LogP contribution in [0.4, 0.5) is 0 Å². The Morgan fingerprint density at radius 1 is 1.41 bits per heavy atom. The Morgan fingerprint density at radius 2 is 2.12 bits per heavy atom. The summed E-state index contributed by atoms with van der Waals surface area (Å²) in [5.74, 6) is 0.552. The van der Waals surface area contributed by atoms with Gasteiger partial charge in [-0.2, -0.15) is 0 Å². The minimum atomic E-state index is -0.453. The van der Waals surface area contributed by atoms with Crippen LogP contribution < -0.4 is 0 Å². The van der Waals surface area contributed by atoms with E-state index in [0.717, 1.165) is 43.6 Å². The highest BCUT2D eigenvalue weighted by atomic mass is 35.5. The second kappa shape index (κ2) is 5.85. The SMILES string of the molecule is Cc1ccc(C(O)CC2CCOCC2)c(Cl)c1. The minimum absolute atomic E-state index is 0.453. The summed E-state index contributed by atoms with van der Waals surface area (Å²) in [5, 5.41) is 10.9. The smallest absolute Gasteiger partial charge is 0.0807 e. The van der Waals surface area contributed by atoms with Crippen LogP contribution in [0.1, 0.15) is 36.5 Å². The molecule has 0 amide bonds. The first-order valence-electron chi connectivity index (χ1n) is 6.18. The molecule has 0 spiro atoms. The molecule has 0 saturated carbocycles. The Kier molecular flexibility index (Phi) is 4.43. The number of rotatable bonds is 3. The van der Waals surface area contributed by atoms with Crippen molar-refractivity contribution in [2.75, 3.05) is 13.2 Å². The van der Waals surface area contributed by atoms with Crippen LogP contribution >= 0.6 is 11.6 Å². The van der Waals surface area contributed by atoms with E-state index in [1.165, 1.54) is 0 Å². The maximum absolute atomic E-state index is 10.2. The molecule has 2 rings (SSSR count). The highest BCUT2D eigenvalue weighted by molar-refractivity contribution is 6.31. The van der Waals surface area contributed by atoms with Gasteiger partial charge in [-0.15, -0.1) is 0 Å². The molecule has 1 heterocycles. The molecule has 1 aliphatic heterocycles. The molecule has 94 valence electrons. The third kappa shape index (κ3) is 3.44. The zero-order valence-electron chi connectivity index (χ0n) is 10.2. The summed E-state index contributed by atoms with van der Waals surface area (Å²) in [4.78, 5) is 0. The average Bonchev–Trinajstić information content (AvgIpc) is 2.30. The van der Waals surface area contributed by atoms with Crippen molar-refractivity contribution >= 4 is 11.6 Å². The van der Waals surface area contributed by atoms with Crippen molar-refractivity contribution in [2.24, 2.45) is 5.92 Å². The number of hydrogen-bond donors (Lipinski definition) is 1. The van der Waals surface area contributed by atoms with Gasteiger partial charge >= 0.3 is 0 Å². The van der Waals surface area contributed by atoms with Gasteiger partial charge in [-0.1, -0.05) is 23.7 Å². The maximum atomic E-state index is 10.2. The molecular weight excluding hydrogens is 236 g/mol. The molecule has 1 fully saturated rings. The Morgan fingerprint density at radius 3 is 2.76 bits per heavy atom. The predicted octanol–water partition coefficient (Wildman–Crippen LogP) is 3.50. The topological polar surface area (TPSA) is 29.5 Å². The first kappa shape index (κ1) is 12.9. The molecule has 3 heteroatoms. The summed E-state index contributed by atoms with van der Waals surface area (Å²) in [6.45, 7) is 3.64. The lowest BCUT2D eigenvalue weighted by molar-refractivity contribution is 0.0435. The first-order valence-corrected chi connectivity index (χ1v) is 6.56. The summed E-state index contributed by atoms with van der Waals surface area (Å²) in [5.41, 5.74) is 1.97. The van der Waals surface area contributed by atoms with Gasteiger partial charge in [-0.3, -0.25) is 0 Å². The molecular formula is C14H19ClO2. The lowest BCUT2D eigenvalue weighted by Crippen LogP contribution is -2.18. The van der Waals surface area contributed by atoms with Crippen LogP contribution in [0, 0.1) is 12.8 Å². The number of benzene rings is 1. The van der Waals surface area contributed by atoms with E-state index in [1.807, 2.05) is 25.1 Å². The third-order valence-electron chi connectivity index (χ3n) is 3.41. The number of aliphatic hydroxyl groups excluding tert-OH is 1. The van der Waals surface area contributed by atoms with Gasteiger partial charge in [0.2, 0.25) is 0 Å². The Hall–Kier alpha value is -0.570. The lowest BCUT2D eigenvalue weighted by Gasteiger charge is -2.24. The van der Waals surface area contributed by atoms with Crippen molar-refractivity contribution in [3.05, 3.63) is 34.3 Å². The van der Waals surface area contributed by atoms with Crippen molar-refractivity contribution in [1.82, 2.24) is 0 Å². The summed E-state index contributed by atoms with van der Waals surface area (Å²) in [6, 6.07) is 5.83. The highest BCUT2D eigenvalue weighted by Crippen LogP contribution is 2.31. The van der Waals surface area contributed by atoms with Crippen molar-refractivity contribution < 1.29 is 9.84 Å². The zero-order valence-corrected chi connectivity index (χ0v) is 10.9. The summed E-state index contributed by atoms with van der Waals surface area (Å²) >= 11 is 6.16. The van der Waals surface area contributed by atoms with Gasteiger partial charge in [0.05, 0.1) is 6.10 Å². The van der Waals surface area contributed by atoms with E-state index < -0.39 is 6.10 Å². The van der Waals surface area contributed by atoms with Gasteiger partial charge in [-0.05, 0) is 49.3 Å². The Labute approximate surface area is 108 Å². The van der Waals surface area contributed by atoms with Crippen LogP contribution in [0.2, 0.25) is 5.02 Å². The number of ether oxygens (including phenoxy) is 1. The molecule has 17 heavy (non-hydrogen) atoms. The number of aliphatic hydroxyl groups is 1. The van der Waals surface area contributed by atoms with E-state index in [4.69, 9.17) is 16.3 Å².